The summed E-state index contributed by atoms with van der Waals surface area (Å²) in [7, 11) is 4.03. The van der Waals surface area contributed by atoms with Gasteiger partial charge in [0.2, 0.25) is 5.91 Å². The van der Waals surface area contributed by atoms with Crippen LogP contribution >= 0.6 is 0 Å². The van der Waals surface area contributed by atoms with Crippen LogP contribution in [0.15, 0.2) is 0 Å². The molecule has 1 amide bonds. The molecule has 9 heteroatoms. The quantitative estimate of drug-likeness (QED) is 0.313. The fourth-order valence-electron chi connectivity index (χ4n) is 2.69. The molecule has 0 aliphatic carbocycles. The second kappa shape index (κ2) is 17.1. The smallest absolute Gasteiger partial charge is 0.224 e. The van der Waals surface area contributed by atoms with E-state index in [2.05, 4.69) is 9.80 Å². The van der Waals surface area contributed by atoms with E-state index in [0.29, 0.717) is 59.3 Å². The third kappa shape index (κ3) is 13.4. The minimum Gasteiger partial charge on any atom is -0.394 e. The van der Waals surface area contributed by atoms with Crippen molar-refractivity contribution in [2.45, 2.75) is 6.42 Å². The molecule has 0 spiro atoms. The summed E-state index contributed by atoms with van der Waals surface area (Å²) in [5.41, 5.74) is 0. The van der Waals surface area contributed by atoms with E-state index in [9.17, 15) is 4.79 Å². The Balaban J connectivity index is 1.89. The summed E-state index contributed by atoms with van der Waals surface area (Å²) in [5, 5.41) is 8.68. The minimum absolute atomic E-state index is 0.0575. The first-order valence-electron chi connectivity index (χ1n) is 10.2. The van der Waals surface area contributed by atoms with Crippen LogP contribution in [0.25, 0.3) is 0 Å². The molecule has 0 aromatic heterocycles. The highest BCUT2D eigenvalue weighted by molar-refractivity contribution is 5.76. The SMILES string of the molecule is CN(C)CCOCCOCCOCCC(=O)N1CCN(CCOCCO)CC1. The molecule has 166 valence electrons. The molecule has 28 heavy (non-hydrogen) atoms. The van der Waals surface area contributed by atoms with Gasteiger partial charge in [0.05, 0.1) is 65.9 Å². The average Bonchev–Trinajstić information content (AvgIpc) is 2.69. The summed E-state index contributed by atoms with van der Waals surface area (Å²) in [5.74, 6) is 0.145. The maximum absolute atomic E-state index is 12.2. The number of aliphatic hydroxyl groups is 1. The molecule has 0 bridgehead atoms. The van der Waals surface area contributed by atoms with E-state index in [1.54, 1.807) is 0 Å². The monoisotopic (exact) mass is 405 g/mol. The molecule has 0 aromatic carbocycles. The third-order valence-electron chi connectivity index (χ3n) is 4.40. The molecule has 1 rings (SSSR count). The fraction of sp³-hybridized carbons (Fsp3) is 0.947. The lowest BCUT2D eigenvalue weighted by Crippen LogP contribution is -2.49. The molecule has 1 N–H and O–H groups in total. The maximum Gasteiger partial charge on any atom is 0.224 e. The molecule has 1 fully saturated rings. The van der Waals surface area contributed by atoms with Gasteiger partial charge in [0.1, 0.15) is 0 Å². The summed E-state index contributed by atoms with van der Waals surface area (Å²) >= 11 is 0. The Bertz CT molecular complexity index is 379. The maximum atomic E-state index is 12.2. The molecular formula is C19H39N3O6. The first-order valence-corrected chi connectivity index (χ1v) is 10.2. The van der Waals surface area contributed by atoms with Gasteiger partial charge in [-0.3, -0.25) is 9.69 Å². The molecule has 0 radical (unpaired) electrons. The van der Waals surface area contributed by atoms with Crippen molar-refractivity contribution >= 4 is 5.91 Å². The van der Waals surface area contributed by atoms with Crippen molar-refractivity contribution in [1.29, 1.82) is 0 Å². The van der Waals surface area contributed by atoms with Crippen LogP contribution in [0.1, 0.15) is 6.42 Å². The van der Waals surface area contributed by atoms with E-state index in [0.717, 1.165) is 39.3 Å². The van der Waals surface area contributed by atoms with Gasteiger partial charge >= 0.3 is 0 Å². The van der Waals surface area contributed by atoms with E-state index >= 15 is 0 Å². The Kier molecular flexibility index (Phi) is 15.4. The lowest BCUT2D eigenvalue weighted by atomic mass is 10.3. The molecule has 0 saturated carbocycles. The summed E-state index contributed by atoms with van der Waals surface area (Å²) in [6.45, 7) is 9.31. The molecule has 1 aliphatic rings. The zero-order chi connectivity index (χ0) is 20.5. The van der Waals surface area contributed by atoms with Crippen LogP contribution in [-0.4, -0.2) is 139 Å². The standard InChI is InChI=1S/C19H39N3O6/c1-20(2)8-12-27-16-18-28-17-15-25-11-3-19(24)22-6-4-21(5-7-22)9-13-26-14-10-23/h23H,3-18H2,1-2H3. The number of rotatable bonds is 17. The first kappa shape index (κ1) is 25.2. The van der Waals surface area contributed by atoms with Crippen molar-refractivity contribution < 1.29 is 28.8 Å². The number of hydrogen-bond donors (Lipinski definition) is 1. The molecule has 1 heterocycles. The van der Waals surface area contributed by atoms with E-state index < -0.39 is 0 Å². The van der Waals surface area contributed by atoms with Crippen molar-refractivity contribution in [3.63, 3.8) is 0 Å². The second-order valence-corrected chi connectivity index (χ2v) is 6.95. The van der Waals surface area contributed by atoms with E-state index in [-0.39, 0.29) is 12.5 Å². The van der Waals surface area contributed by atoms with Gasteiger partial charge in [0, 0.05) is 39.3 Å². The number of ether oxygens (including phenoxy) is 4. The average molecular weight is 406 g/mol. The van der Waals surface area contributed by atoms with Crippen molar-refractivity contribution in [2.24, 2.45) is 0 Å². The normalized spacial score (nSPS) is 15.5. The van der Waals surface area contributed by atoms with Gasteiger partial charge in [-0.2, -0.15) is 0 Å². The topological polar surface area (TPSA) is 83.9 Å². The van der Waals surface area contributed by atoms with Crippen LogP contribution in [0.4, 0.5) is 0 Å². The Morgan fingerprint density at radius 1 is 0.821 bits per heavy atom. The highest BCUT2D eigenvalue weighted by Crippen LogP contribution is 2.04. The number of amides is 1. The van der Waals surface area contributed by atoms with Gasteiger partial charge in [-0.1, -0.05) is 0 Å². The zero-order valence-electron chi connectivity index (χ0n) is 17.6. The van der Waals surface area contributed by atoms with E-state index in [1.807, 2.05) is 19.0 Å². The van der Waals surface area contributed by atoms with Crippen LogP contribution in [0.2, 0.25) is 0 Å². The van der Waals surface area contributed by atoms with E-state index in [4.69, 9.17) is 24.1 Å². The van der Waals surface area contributed by atoms with Crippen molar-refractivity contribution in [2.75, 3.05) is 113 Å². The van der Waals surface area contributed by atoms with Gasteiger partial charge < -0.3 is 33.9 Å². The van der Waals surface area contributed by atoms with Crippen LogP contribution in [0.5, 0.6) is 0 Å². The molecule has 0 aromatic rings. The lowest BCUT2D eigenvalue weighted by molar-refractivity contribution is -0.134. The number of aliphatic hydroxyl groups excluding tert-OH is 1. The number of carbonyl (C=O) groups excluding carboxylic acids is 1. The van der Waals surface area contributed by atoms with Crippen LogP contribution in [-0.2, 0) is 23.7 Å². The Morgan fingerprint density at radius 3 is 2.00 bits per heavy atom. The molecule has 9 nitrogen and oxygen atoms in total. The molecule has 0 atom stereocenters. The Morgan fingerprint density at radius 2 is 1.39 bits per heavy atom. The van der Waals surface area contributed by atoms with Crippen LogP contribution in [0.3, 0.4) is 0 Å². The molecule has 1 aliphatic heterocycles. The lowest BCUT2D eigenvalue weighted by Gasteiger charge is -2.34. The summed E-state index contributed by atoms with van der Waals surface area (Å²) < 4.78 is 21.6. The summed E-state index contributed by atoms with van der Waals surface area (Å²) in [6.07, 6.45) is 0.410. The van der Waals surface area contributed by atoms with E-state index in [1.165, 1.54) is 0 Å². The first-order chi connectivity index (χ1) is 13.6. The van der Waals surface area contributed by atoms with Crippen molar-refractivity contribution in [3.8, 4) is 0 Å². The Hall–Kier alpha value is -0.810. The minimum atomic E-state index is 0.0575. The predicted octanol–water partition coefficient (Wildman–Crippen LogP) is -0.859. The number of nitrogens with zero attached hydrogens (tertiary/aromatic N) is 3. The highest BCUT2D eigenvalue weighted by atomic mass is 16.5. The number of likely N-dealkylation sites (N-methyl/N-ethyl adjacent to an activating group) is 1. The molecule has 1 saturated heterocycles. The number of piperazine rings is 1. The van der Waals surface area contributed by atoms with Gasteiger partial charge in [0.15, 0.2) is 0 Å². The number of carbonyl (C=O) groups is 1. The largest absolute Gasteiger partial charge is 0.394 e. The molecular weight excluding hydrogens is 366 g/mol. The Labute approximate surface area is 169 Å². The van der Waals surface area contributed by atoms with Crippen LogP contribution in [0, 0.1) is 0 Å². The zero-order valence-corrected chi connectivity index (χ0v) is 17.6. The van der Waals surface area contributed by atoms with Gasteiger partial charge in [-0.25, -0.2) is 0 Å². The highest BCUT2D eigenvalue weighted by Gasteiger charge is 2.20. The van der Waals surface area contributed by atoms with Crippen molar-refractivity contribution in [1.82, 2.24) is 14.7 Å². The van der Waals surface area contributed by atoms with Gasteiger partial charge in [-0.15, -0.1) is 0 Å². The summed E-state index contributed by atoms with van der Waals surface area (Å²) in [6, 6.07) is 0. The molecule has 0 unspecified atom stereocenters. The second-order valence-electron chi connectivity index (χ2n) is 6.95. The summed E-state index contributed by atoms with van der Waals surface area (Å²) in [4.78, 5) is 18.5. The predicted molar refractivity (Wildman–Crippen MR) is 107 cm³/mol. The fourth-order valence-corrected chi connectivity index (χ4v) is 2.69. The van der Waals surface area contributed by atoms with Gasteiger partial charge in [0.25, 0.3) is 0 Å². The third-order valence-corrected chi connectivity index (χ3v) is 4.40. The van der Waals surface area contributed by atoms with Crippen LogP contribution < -0.4 is 0 Å². The number of hydrogen-bond acceptors (Lipinski definition) is 8. The van der Waals surface area contributed by atoms with Crippen molar-refractivity contribution in [3.05, 3.63) is 0 Å². The van der Waals surface area contributed by atoms with Gasteiger partial charge in [-0.05, 0) is 14.1 Å².